The Hall–Kier alpha value is -2.26. The maximum Gasteiger partial charge on any atom is 0.339 e. The molecular formula is C32H56N3O10PS. The molecule has 0 radical (unpaired) electrons. The van der Waals surface area contributed by atoms with Gasteiger partial charge in [-0.15, -0.1) is 11.3 Å². The number of fused-ring (bicyclic) bond motifs is 1. The first kappa shape index (κ1) is 44.7. The van der Waals surface area contributed by atoms with Gasteiger partial charge in [-0.2, -0.15) is 0 Å². The van der Waals surface area contributed by atoms with E-state index in [1.165, 1.54) is 31.2 Å². The van der Waals surface area contributed by atoms with Crippen molar-refractivity contribution in [3.8, 4) is 0 Å². The minimum absolute atomic E-state index is 0.0510. The fourth-order valence-corrected chi connectivity index (χ4v) is 7.24. The maximum atomic E-state index is 13.0. The molecule has 0 spiro atoms. The molecule has 0 aliphatic carbocycles. The quantitative estimate of drug-likeness (QED) is 0.0572. The third-order valence-electron chi connectivity index (χ3n) is 7.31. The van der Waals surface area contributed by atoms with Crippen LogP contribution >= 0.6 is 18.9 Å². The van der Waals surface area contributed by atoms with Crippen LogP contribution in [0.3, 0.4) is 0 Å². The van der Waals surface area contributed by atoms with Crippen LogP contribution in [0.4, 0.5) is 0 Å². The van der Waals surface area contributed by atoms with Crippen LogP contribution in [0, 0.1) is 5.92 Å². The van der Waals surface area contributed by atoms with Crippen LogP contribution in [0.5, 0.6) is 0 Å². The molecule has 13 nitrogen and oxygen atoms in total. The lowest BCUT2D eigenvalue weighted by atomic mass is 9.91. The van der Waals surface area contributed by atoms with E-state index in [2.05, 4.69) is 24.2 Å². The molecule has 1 saturated heterocycles. The fraction of sp³-hybridized carbons (Fsp3) is 0.656. The second kappa shape index (κ2) is 25.7. The molecule has 15 heteroatoms. The number of ether oxygens (including phenoxy) is 1. The molecule has 1 unspecified atom stereocenters. The normalized spacial score (nSPS) is 16.8. The lowest BCUT2D eigenvalue weighted by Crippen LogP contribution is -2.37. The number of benzene rings is 1. The summed E-state index contributed by atoms with van der Waals surface area (Å²) in [5.74, 6) is 0.105. The van der Waals surface area contributed by atoms with E-state index in [1.807, 2.05) is 39.8 Å². The summed E-state index contributed by atoms with van der Waals surface area (Å²) in [5, 5.41) is 27.1. The van der Waals surface area contributed by atoms with E-state index in [0.717, 1.165) is 42.2 Å². The molecule has 1 aromatic carbocycles. The van der Waals surface area contributed by atoms with Gasteiger partial charge in [0.05, 0.1) is 23.2 Å². The molecule has 1 fully saturated rings. The minimum Gasteiger partial charge on any atom is -0.483 e. The molecule has 47 heavy (non-hydrogen) atoms. The van der Waals surface area contributed by atoms with Gasteiger partial charge < -0.3 is 35.2 Å². The number of nitrogens with zero attached hydrogens (tertiary/aromatic N) is 1. The van der Waals surface area contributed by atoms with Crippen molar-refractivity contribution in [3.63, 3.8) is 0 Å². The first-order valence-corrected chi connectivity index (χ1v) is 18.5. The zero-order chi connectivity index (χ0) is 35.8. The summed E-state index contributed by atoms with van der Waals surface area (Å²) in [6.45, 7) is 9.75. The van der Waals surface area contributed by atoms with Crippen molar-refractivity contribution in [2.24, 2.45) is 5.92 Å². The number of rotatable bonds is 17. The van der Waals surface area contributed by atoms with Gasteiger partial charge in [-0.3, -0.25) is 23.2 Å². The predicted octanol–water partition coefficient (Wildman–Crippen LogP) is 5.87. The van der Waals surface area contributed by atoms with E-state index in [9.17, 15) is 19.3 Å². The molecule has 0 bridgehead atoms. The number of hydroxylamine groups is 1. The Morgan fingerprint density at radius 2 is 1.87 bits per heavy atom. The van der Waals surface area contributed by atoms with Gasteiger partial charge in [-0.05, 0) is 94.6 Å². The number of likely N-dealkylation sites (tertiary alicyclic amines) is 1. The summed E-state index contributed by atoms with van der Waals surface area (Å²) >= 11 is 1.34. The Morgan fingerprint density at radius 1 is 1.21 bits per heavy atom. The van der Waals surface area contributed by atoms with E-state index < -0.39 is 20.4 Å². The number of carbonyl (C=O) groups excluding carboxylic acids is 2. The van der Waals surface area contributed by atoms with E-state index in [0.29, 0.717) is 28.8 Å². The van der Waals surface area contributed by atoms with Crippen LogP contribution in [0.25, 0.3) is 10.1 Å². The van der Waals surface area contributed by atoms with Crippen LogP contribution in [-0.4, -0.2) is 91.4 Å². The molecular weight excluding hydrogens is 649 g/mol. The number of aliphatic hydroxyl groups is 1. The zero-order valence-corrected chi connectivity index (χ0v) is 30.6. The number of hydrogen-bond donors (Lipinski definition) is 5. The van der Waals surface area contributed by atoms with Crippen molar-refractivity contribution in [1.29, 1.82) is 0 Å². The van der Waals surface area contributed by atoms with Gasteiger partial charge in [0.15, 0.2) is 13.6 Å². The highest BCUT2D eigenvalue weighted by molar-refractivity contribution is 7.53. The molecule has 0 saturated carbocycles. The van der Waals surface area contributed by atoms with Gasteiger partial charge in [0.2, 0.25) is 0 Å². The summed E-state index contributed by atoms with van der Waals surface area (Å²) in [6, 6.07) is 7.33. The number of nitrogens with one attached hydrogen (secondary N) is 2. The van der Waals surface area contributed by atoms with E-state index >= 15 is 0 Å². The number of aldehydes is 1. The average molecular weight is 706 g/mol. The summed E-state index contributed by atoms with van der Waals surface area (Å²) < 4.78 is 29.6. The summed E-state index contributed by atoms with van der Waals surface area (Å²) in [4.78, 5) is 36.2. The van der Waals surface area contributed by atoms with Crippen LogP contribution in [0.15, 0.2) is 24.3 Å². The molecule has 270 valence electrons. The summed E-state index contributed by atoms with van der Waals surface area (Å²) in [6.07, 6.45) is 6.95. The first-order valence-electron chi connectivity index (χ1n) is 16.0. The van der Waals surface area contributed by atoms with Gasteiger partial charge in [0, 0.05) is 17.8 Å². The standard InChI is InChI=1S/C28H43N2O7PS.C2H6.CH5NO.CH2O2/c1-5-21(8-10-25-7-6-12-30(25)4)14-24(16-31)29-28(33)27-15-23-13-22(9-11-26(23)39-27)17-38(34,36-18-32)37-19-35-20(2)3;1-2;1-2-3;2-1-3/h9,11,13,15-16,20-21,24-25,32H,5-8,10,12,14,17-19H2,1-4H3,(H,29,33);1-2H3;2-3H,1H3;1H,(H,2,3)/t21-,24-,25+,38?;;;/m0.../s1. The molecule has 5 N–H and O–H groups in total. The second-order valence-corrected chi connectivity index (χ2v) is 14.0. The zero-order valence-electron chi connectivity index (χ0n) is 28.8. The highest BCUT2D eigenvalue weighted by atomic mass is 32.1. The van der Waals surface area contributed by atoms with Crippen molar-refractivity contribution >= 4 is 47.7 Å². The van der Waals surface area contributed by atoms with Crippen LogP contribution in [-0.2, 0) is 34.1 Å². The van der Waals surface area contributed by atoms with E-state index in [1.54, 1.807) is 17.6 Å². The lowest BCUT2D eigenvalue weighted by Gasteiger charge is -2.24. The Balaban J connectivity index is 0.00000241. The summed E-state index contributed by atoms with van der Waals surface area (Å²) in [5.41, 5.74) is 2.43. The Kier molecular flexibility index (Phi) is 24.5. The number of aliphatic hydroxyl groups excluding tert-OH is 1. The van der Waals surface area contributed by atoms with Gasteiger partial charge in [0.1, 0.15) is 6.29 Å². The van der Waals surface area contributed by atoms with Crippen molar-refractivity contribution in [3.05, 3.63) is 34.7 Å². The molecule has 1 aliphatic rings. The molecule has 2 heterocycles. The third-order valence-corrected chi connectivity index (χ3v) is 10.2. The average Bonchev–Trinajstić information content (AvgIpc) is 3.65. The monoisotopic (exact) mass is 705 g/mol. The highest BCUT2D eigenvalue weighted by Crippen LogP contribution is 2.51. The van der Waals surface area contributed by atoms with Crippen molar-refractivity contribution in [2.45, 2.75) is 97.5 Å². The van der Waals surface area contributed by atoms with Crippen LogP contribution in [0.1, 0.15) is 88.4 Å². The molecule has 2 aromatic rings. The molecule has 3 rings (SSSR count). The highest BCUT2D eigenvalue weighted by Gasteiger charge is 2.27. The molecule has 4 atom stereocenters. The minimum atomic E-state index is -3.64. The van der Waals surface area contributed by atoms with Crippen molar-refractivity contribution in [2.75, 3.05) is 34.2 Å². The van der Waals surface area contributed by atoms with E-state index in [4.69, 9.17) is 28.9 Å². The second-order valence-electron chi connectivity index (χ2n) is 10.9. The molecule has 1 aliphatic heterocycles. The van der Waals surface area contributed by atoms with Crippen LogP contribution in [0.2, 0.25) is 0 Å². The molecule has 1 aromatic heterocycles. The number of carboxylic acid groups (broad SMARTS) is 1. The number of amides is 1. The third kappa shape index (κ3) is 17.6. The smallest absolute Gasteiger partial charge is 0.339 e. The fourth-order valence-electron chi connectivity index (χ4n) is 5.00. The number of hydrogen-bond acceptors (Lipinski definition) is 12. The Morgan fingerprint density at radius 3 is 2.40 bits per heavy atom. The predicted molar refractivity (Wildman–Crippen MR) is 185 cm³/mol. The van der Waals surface area contributed by atoms with Gasteiger partial charge >= 0.3 is 7.60 Å². The van der Waals surface area contributed by atoms with Crippen LogP contribution < -0.4 is 10.8 Å². The topological polar surface area (TPSA) is 184 Å². The molecule has 1 amide bonds. The van der Waals surface area contributed by atoms with Gasteiger partial charge in [-0.25, -0.2) is 5.48 Å². The van der Waals surface area contributed by atoms with Gasteiger partial charge in [-0.1, -0.05) is 33.3 Å². The van der Waals surface area contributed by atoms with E-state index in [-0.39, 0.29) is 31.4 Å². The van der Waals surface area contributed by atoms with Crippen molar-refractivity contribution < 1.29 is 48.2 Å². The largest absolute Gasteiger partial charge is 0.483 e. The lowest BCUT2D eigenvalue weighted by molar-refractivity contribution is -0.122. The Labute approximate surface area is 283 Å². The summed E-state index contributed by atoms with van der Waals surface area (Å²) in [7, 11) is -0.0261. The first-order chi connectivity index (χ1) is 22.5. The van der Waals surface area contributed by atoms with Gasteiger partial charge in [0.25, 0.3) is 12.4 Å². The Bertz CT molecular complexity index is 1200. The maximum absolute atomic E-state index is 13.0. The SMILES string of the molecule is CC.CC[C@@H](CC[C@H]1CCCN1C)C[C@@H](C=O)NC(=O)c1cc2cc(CP(=O)(OCO)OCOC(C)C)ccc2s1.CNO.O=CO. The van der Waals surface area contributed by atoms with Crippen molar-refractivity contribution in [1.82, 2.24) is 15.7 Å². The number of thiophene rings is 1. The number of carbonyl (C=O) groups is 3.